The van der Waals surface area contributed by atoms with E-state index in [9.17, 15) is 13.2 Å². The van der Waals surface area contributed by atoms with Crippen LogP contribution in [0.1, 0.15) is 6.92 Å². The van der Waals surface area contributed by atoms with Crippen LogP contribution >= 0.6 is 0 Å². The van der Waals surface area contributed by atoms with Crippen LogP contribution in [0.25, 0.3) is 0 Å². The lowest BCUT2D eigenvalue weighted by atomic mass is 10.2. The molecule has 0 bridgehead atoms. The lowest BCUT2D eigenvalue weighted by Gasteiger charge is -2.33. The molecule has 0 aromatic heterocycles. The Kier molecular flexibility index (Phi) is 2.95. The average molecular weight is 182 g/mol. The van der Waals surface area contributed by atoms with Gasteiger partial charge in [-0.15, -0.1) is 0 Å². The van der Waals surface area contributed by atoms with E-state index in [4.69, 9.17) is 0 Å². The Morgan fingerprint density at radius 2 is 1.75 bits per heavy atom. The third-order valence-electron chi connectivity index (χ3n) is 2.17. The highest BCUT2D eigenvalue weighted by Gasteiger charge is 2.40. The Morgan fingerprint density at radius 1 is 1.25 bits per heavy atom. The second kappa shape index (κ2) is 3.62. The van der Waals surface area contributed by atoms with E-state index in [0.717, 1.165) is 0 Å². The fourth-order valence-corrected chi connectivity index (χ4v) is 1.28. The quantitative estimate of drug-likeness (QED) is 0.646. The molecule has 0 spiro atoms. The van der Waals surface area contributed by atoms with Crippen molar-refractivity contribution in [1.29, 1.82) is 0 Å². The maximum absolute atomic E-state index is 12.2. The van der Waals surface area contributed by atoms with Gasteiger partial charge in [-0.25, -0.2) is 0 Å². The van der Waals surface area contributed by atoms with Gasteiger partial charge >= 0.3 is 6.18 Å². The summed E-state index contributed by atoms with van der Waals surface area (Å²) in [5, 5.41) is 3.01. The number of rotatable bonds is 1. The number of hydrogen-bond acceptors (Lipinski definition) is 2. The molecule has 2 nitrogen and oxygen atoms in total. The van der Waals surface area contributed by atoms with Crippen molar-refractivity contribution in [2.24, 2.45) is 0 Å². The van der Waals surface area contributed by atoms with E-state index in [1.54, 1.807) is 0 Å². The maximum atomic E-state index is 12.2. The summed E-state index contributed by atoms with van der Waals surface area (Å²) >= 11 is 0. The van der Waals surface area contributed by atoms with Gasteiger partial charge in [-0.1, -0.05) is 0 Å². The summed E-state index contributed by atoms with van der Waals surface area (Å²) in [6, 6.07) is -1.31. The zero-order valence-electron chi connectivity index (χ0n) is 6.99. The molecule has 0 radical (unpaired) electrons. The van der Waals surface area contributed by atoms with Crippen LogP contribution in [0, 0.1) is 0 Å². The van der Waals surface area contributed by atoms with Crippen LogP contribution in [-0.2, 0) is 0 Å². The number of alkyl halides is 3. The van der Waals surface area contributed by atoms with Gasteiger partial charge in [-0.2, -0.15) is 13.2 Å². The predicted molar refractivity (Wildman–Crippen MR) is 40.0 cm³/mol. The topological polar surface area (TPSA) is 15.3 Å². The van der Waals surface area contributed by atoms with Crippen molar-refractivity contribution in [3.05, 3.63) is 0 Å². The van der Waals surface area contributed by atoms with Crippen molar-refractivity contribution in [2.45, 2.75) is 19.1 Å². The highest BCUT2D eigenvalue weighted by atomic mass is 19.4. The first-order valence-electron chi connectivity index (χ1n) is 4.03. The first kappa shape index (κ1) is 9.80. The molecule has 1 unspecified atom stereocenters. The first-order chi connectivity index (χ1) is 5.52. The minimum Gasteiger partial charge on any atom is -0.314 e. The summed E-state index contributed by atoms with van der Waals surface area (Å²) in [5.41, 5.74) is 0. The Hall–Kier alpha value is -0.290. The molecule has 0 aromatic carbocycles. The molecule has 5 heteroatoms. The zero-order chi connectivity index (χ0) is 9.19. The summed E-state index contributed by atoms with van der Waals surface area (Å²) in [6.07, 6.45) is -4.09. The second-order valence-electron chi connectivity index (χ2n) is 3.00. The van der Waals surface area contributed by atoms with E-state index in [-0.39, 0.29) is 0 Å². The van der Waals surface area contributed by atoms with Crippen molar-refractivity contribution in [3.63, 3.8) is 0 Å². The van der Waals surface area contributed by atoms with Gasteiger partial charge in [-0.05, 0) is 6.92 Å². The Morgan fingerprint density at radius 3 is 2.17 bits per heavy atom. The minimum absolute atomic E-state index is 0.487. The Labute approximate surface area is 69.7 Å². The van der Waals surface area contributed by atoms with Crippen LogP contribution in [-0.4, -0.2) is 43.3 Å². The van der Waals surface area contributed by atoms with Gasteiger partial charge in [0.05, 0.1) is 0 Å². The highest BCUT2D eigenvalue weighted by molar-refractivity contribution is 4.78. The van der Waals surface area contributed by atoms with Gasteiger partial charge in [0.1, 0.15) is 6.04 Å². The van der Waals surface area contributed by atoms with E-state index < -0.39 is 12.2 Å². The van der Waals surface area contributed by atoms with Crippen LogP contribution in [0.5, 0.6) is 0 Å². The van der Waals surface area contributed by atoms with Crippen LogP contribution in [0.3, 0.4) is 0 Å². The fraction of sp³-hybridized carbons (Fsp3) is 1.00. The minimum atomic E-state index is -4.09. The zero-order valence-corrected chi connectivity index (χ0v) is 6.99. The van der Waals surface area contributed by atoms with E-state index in [1.807, 2.05) is 0 Å². The third kappa shape index (κ3) is 2.35. The second-order valence-corrected chi connectivity index (χ2v) is 3.00. The number of hydrogen-bond donors (Lipinski definition) is 1. The maximum Gasteiger partial charge on any atom is 0.403 e. The molecule has 1 heterocycles. The lowest BCUT2D eigenvalue weighted by Crippen LogP contribution is -2.52. The van der Waals surface area contributed by atoms with Crippen molar-refractivity contribution in [2.75, 3.05) is 26.2 Å². The van der Waals surface area contributed by atoms with Crippen LogP contribution in [0.15, 0.2) is 0 Å². The average Bonchev–Trinajstić information content (AvgIpc) is 2.03. The van der Waals surface area contributed by atoms with E-state index in [0.29, 0.717) is 26.2 Å². The molecular formula is C7H13F3N2. The molecule has 1 aliphatic rings. The summed E-state index contributed by atoms with van der Waals surface area (Å²) < 4.78 is 36.5. The Balaban J connectivity index is 2.45. The lowest BCUT2D eigenvalue weighted by molar-refractivity contribution is -0.179. The Bertz CT molecular complexity index is 140. The smallest absolute Gasteiger partial charge is 0.314 e. The molecule has 1 saturated heterocycles. The third-order valence-corrected chi connectivity index (χ3v) is 2.17. The van der Waals surface area contributed by atoms with Crippen LogP contribution < -0.4 is 5.32 Å². The van der Waals surface area contributed by atoms with Crippen molar-refractivity contribution in [3.8, 4) is 0 Å². The van der Waals surface area contributed by atoms with E-state index in [2.05, 4.69) is 5.32 Å². The van der Waals surface area contributed by atoms with E-state index >= 15 is 0 Å². The van der Waals surface area contributed by atoms with E-state index in [1.165, 1.54) is 11.8 Å². The van der Waals surface area contributed by atoms with Crippen LogP contribution in [0.4, 0.5) is 13.2 Å². The molecule has 12 heavy (non-hydrogen) atoms. The molecule has 1 rings (SSSR count). The molecule has 1 atom stereocenters. The normalized spacial score (nSPS) is 24.0. The molecule has 1 fully saturated rings. The van der Waals surface area contributed by atoms with Crippen molar-refractivity contribution < 1.29 is 13.2 Å². The molecule has 0 saturated carbocycles. The molecule has 0 aliphatic carbocycles. The van der Waals surface area contributed by atoms with Crippen molar-refractivity contribution >= 4 is 0 Å². The largest absolute Gasteiger partial charge is 0.403 e. The SMILES string of the molecule is CC(N1CCNCC1)C(F)(F)F. The number of piperazine rings is 1. The molecule has 0 amide bonds. The monoisotopic (exact) mass is 182 g/mol. The molecule has 0 aromatic rings. The summed E-state index contributed by atoms with van der Waals surface area (Å²) in [6.45, 7) is 3.49. The van der Waals surface area contributed by atoms with Crippen LogP contribution in [0.2, 0.25) is 0 Å². The predicted octanol–water partition coefficient (Wildman–Crippen LogP) is 0.842. The number of nitrogens with zero attached hydrogens (tertiary/aromatic N) is 1. The number of nitrogens with one attached hydrogen (secondary N) is 1. The molecule has 1 aliphatic heterocycles. The van der Waals surface area contributed by atoms with Gasteiger partial charge < -0.3 is 5.32 Å². The molecule has 1 N–H and O–H groups in total. The van der Waals surface area contributed by atoms with Gasteiger partial charge in [-0.3, -0.25) is 4.90 Å². The standard InChI is InChI=1S/C7H13F3N2/c1-6(7(8,9)10)12-4-2-11-3-5-12/h6,11H,2-5H2,1H3. The first-order valence-corrected chi connectivity index (χ1v) is 4.03. The molecule has 72 valence electrons. The number of halogens is 3. The van der Waals surface area contributed by atoms with Gasteiger partial charge in [0.2, 0.25) is 0 Å². The summed E-state index contributed by atoms with van der Waals surface area (Å²) in [5.74, 6) is 0. The van der Waals surface area contributed by atoms with Gasteiger partial charge in [0.25, 0.3) is 0 Å². The van der Waals surface area contributed by atoms with Gasteiger partial charge in [0.15, 0.2) is 0 Å². The summed E-state index contributed by atoms with van der Waals surface area (Å²) in [7, 11) is 0. The summed E-state index contributed by atoms with van der Waals surface area (Å²) in [4.78, 5) is 1.45. The highest BCUT2D eigenvalue weighted by Crippen LogP contribution is 2.24. The molecular weight excluding hydrogens is 169 g/mol. The fourth-order valence-electron chi connectivity index (χ4n) is 1.28. The van der Waals surface area contributed by atoms with Crippen molar-refractivity contribution in [1.82, 2.24) is 10.2 Å². The van der Waals surface area contributed by atoms with Gasteiger partial charge in [0, 0.05) is 26.2 Å².